The number of rotatable bonds is 3. The van der Waals surface area contributed by atoms with Crippen LogP contribution in [0.1, 0.15) is 39.0 Å². The van der Waals surface area contributed by atoms with E-state index in [-0.39, 0.29) is 6.04 Å². The normalized spacial score (nSPS) is 32.6. The number of hydrogen-bond acceptors (Lipinski definition) is 3. The minimum Gasteiger partial charge on any atom is -0.329 e. The zero-order chi connectivity index (χ0) is 13.2. The minimum atomic E-state index is -3.29. The van der Waals surface area contributed by atoms with Gasteiger partial charge in [-0.1, -0.05) is 13.3 Å². The Morgan fingerprint density at radius 1 is 1.11 bits per heavy atom. The molecule has 0 unspecified atom stereocenters. The molecule has 5 nitrogen and oxygen atoms in total. The van der Waals surface area contributed by atoms with Crippen molar-refractivity contribution in [3.63, 3.8) is 0 Å². The summed E-state index contributed by atoms with van der Waals surface area (Å²) in [5.41, 5.74) is 5.79. The molecule has 0 saturated carbocycles. The molecule has 0 aliphatic carbocycles. The summed E-state index contributed by atoms with van der Waals surface area (Å²) in [6, 6.07) is -0.0225. The second kappa shape index (κ2) is 5.86. The molecular weight excluding hydrogens is 250 g/mol. The third-order valence-electron chi connectivity index (χ3n) is 4.24. The summed E-state index contributed by atoms with van der Waals surface area (Å²) in [6.07, 6.45) is 5.13. The SMILES string of the molecule is C[C@H]1CCCN(S(=O)(=O)N2CCCCC2)[C@@H]1CN. The molecule has 0 aromatic rings. The minimum absolute atomic E-state index is 0.0225. The molecule has 2 aliphatic rings. The third kappa shape index (κ3) is 2.71. The van der Waals surface area contributed by atoms with Gasteiger partial charge in [-0.2, -0.15) is 17.0 Å². The van der Waals surface area contributed by atoms with Crippen molar-refractivity contribution in [2.75, 3.05) is 26.2 Å². The summed E-state index contributed by atoms with van der Waals surface area (Å²) >= 11 is 0. The van der Waals surface area contributed by atoms with E-state index in [4.69, 9.17) is 5.73 Å². The Labute approximate surface area is 110 Å². The first-order valence-corrected chi connectivity index (χ1v) is 8.44. The maximum atomic E-state index is 12.7. The molecule has 2 heterocycles. The highest BCUT2D eigenvalue weighted by Gasteiger charge is 2.38. The van der Waals surface area contributed by atoms with E-state index in [9.17, 15) is 8.42 Å². The summed E-state index contributed by atoms with van der Waals surface area (Å²) in [7, 11) is -3.29. The van der Waals surface area contributed by atoms with Crippen LogP contribution in [0.15, 0.2) is 0 Å². The molecule has 2 fully saturated rings. The fourth-order valence-corrected chi connectivity index (χ4v) is 5.10. The molecule has 2 atom stereocenters. The molecule has 106 valence electrons. The van der Waals surface area contributed by atoms with Crippen LogP contribution in [0.2, 0.25) is 0 Å². The van der Waals surface area contributed by atoms with Crippen LogP contribution in [0, 0.1) is 5.92 Å². The second-order valence-corrected chi connectivity index (χ2v) is 7.38. The second-order valence-electron chi connectivity index (χ2n) is 5.50. The molecular formula is C12H25N3O2S. The fraction of sp³-hybridized carbons (Fsp3) is 1.00. The fourth-order valence-electron chi connectivity index (χ4n) is 3.09. The van der Waals surface area contributed by atoms with Crippen LogP contribution >= 0.6 is 0 Å². The molecule has 0 radical (unpaired) electrons. The Balaban J connectivity index is 2.16. The van der Waals surface area contributed by atoms with E-state index in [2.05, 4.69) is 6.92 Å². The monoisotopic (exact) mass is 275 g/mol. The van der Waals surface area contributed by atoms with Crippen LogP contribution < -0.4 is 5.73 Å². The van der Waals surface area contributed by atoms with E-state index in [0.29, 0.717) is 32.1 Å². The largest absolute Gasteiger partial charge is 0.329 e. The van der Waals surface area contributed by atoms with Gasteiger partial charge in [0.05, 0.1) is 0 Å². The summed E-state index contributed by atoms with van der Waals surface area (Å²) < 4.78 is 28.6. The summed E-state index contributed by atoms with van der Waals surface area (Å²) in [6.45, 7) is 4.50. The van der Waals surface area contributed by atoms with E-state index in [1.54, 1.807) is 8.61 Å². The van der Waals surface area contributed by atoms with Gasteiger partial charge >= 0.3 is 0 Å². The van der Waals surface area contributed by atoms with Crippen LogP contribution in [0.3, 0.4) is 0 Å². The van der Waals surface area contributed by atoms with Gasteiger partial charge in [-0.05, 0) is 31.6 Å². The molecule has 2 aliphatic heterocycles. The van der Waals surface area contributed by atoms with Crippen molar-refractivity contribution in [2.45, 2.75) is 45.1 Å². The van der Waals surface area contributed by atoms with E-state index in [1.807, 2.05) is 0 Å². The molecule has 0 aromatic heterocycles. The summed E-state index contributed by atoms with van der Waals surface area (Å²) in [5, 5.41) is 0. The Bertz CT molecular complexity index is 366. The topological polar surface area (TPSA) is 66.6 Å². The molecule has 18 heavy (non-hydrogen) atoms. The first kappa shape index (κ1) is 14.2. The van der Waals surface area contributed by atoms with Gasteiger partial charge in [0.1, 0.15) is 0 Å². The highest BCUT2D eigenvalue weighted by atomic mass is 32.2. The van der Waals surface area contributed by atoms with Gasteiger partial charge in [-0.25, -0.2) is 0 Å². The zero-order valence-electron chi connectivity index (χ0n) is 11.2. The molecule has 0 bridgehead atoms. The highest BCUT2D eigenvalue weighted by molar-refractivity contribution is 7.86. The van der Waals surface area contributed by atoms with Crippen molar-refractivity contribution >= 4 is 10.2 Å². The van der Waals surface area contributed by atoms with Crippen LogP contribution in [0.4, 0.5) is 0 Å². The van der Waals surface area contributed by atoms with Crippen molar-refractivity contribution in [1.29, 1.82) is 0 Å². The van der Waals surface area contributed by atoms with E-state index >= 15 is 0 Å². The third-order valence-corrected chi connectivity index (χ3v) is 6.31. The number of nitrogens with zero attached hydrogens (tertiary/aromatic N) is 2. The standard InChI is InChI=1S/C12H25N3O2S/c1-11-6-5-9-15(12(11)10-13)18(16,17)14-7-3-2-4-8-14/h11-12H,2-10,13H2,1H3/t11-,12+/m0/s1. The van der Waals surface area contributed by atoms with Crippen LogP contribution in [-0.2, 0) is 10.2 Å². The number of hydrogen-bond donors (Lipinski definition) is 1. The van der Waals surface area contributed by atoms with Gasteiger partial charge in [0.2, 0.25) is 0 Å². The molecule has 6 heteroatoms. The lowest BCUT2D eigenvalue weighted by molar-refractivity contribution is 0.176. The molecule has 2 saturated heterocycles. The van der Waals surface area contributed by atoms with Crippen LogP contribution in [-0.4, -0.2) is 49.2 Å². The lowest BCUT2D eigenvalue weighted by Crippen LogP contribution is -2.56. The van der Waals surface area contributed by atoms with Gasteiger partial charge in [-0.15, -0.1) is 0 Å². The molecule has 0 amide bonds. The predicted octanol–water partition coefficient (Wildman–Crippen LogP) is 0.776. The van der Waals surface area contributed by atoms with Gasteiger partial charge in [0, 0.05) is 32.2 Å². The van der Waals surface area contributed by atoms with Crippen LogP contribution in [0.5, 0.6) is 0 Å². The van der Waals surface area contributed by atoms with Gasteiger partial charge in [-0.3, -0.25) is 0 Å². The first-order chi connectivity index (χ1) is 8.57. The number of piperidine rings is 2. The Morgan fingerprint density at radius 2 is 1.78 bits per heavy atom. The van der Waals surface area contributed by atoms with Crippen molar-refractivity contribution in [1.82, 2.24) is 8.61 Å². The first-order valence-electron chi connectivity index (χ1n) is 7.04. The van der Waals surface area contributed by atoms with Crippen molar-refractivity contribution in [3.8, 4) is 0 Å². The predicted molar refractivity (Wildman–Crippen MR) is 72.3 cm³/mol. The van der Waals surface area contributed by atoms with Gasteiger partial charge < -0.3 is 5.73 Å². The lowest BCUT2D eigenvalue weighted by atomic mass is 9.93. The Morgan fingerprint density at radius 3 is 2.39 bits per heavy atom. The molecule has 2 rings (SSSR count). The van der Waals surface area contributed by atoms with Crippen molar-refractivity contribution in [2.24, 2.45) is 11.7 Å². The Kier molecular flexibility index (Phi) is 4.64. The van der Waals surface area contributed by atoms with Crippen molar-refractivity contribution in [3.05, 3.63) is 0 Å². The summed E-state index contributed by atoms with van der Waals surface area (Å²) in [5.74, 6) is 0.364. The van der Waals surface area contributed by atoms with E-state index in [0.717, 1.165) is 32.1 Å². The maximum absolute atomic E-state index is 12.7. The molecule has 2 N–H and O–H groups in total. The maximum Gasteiger partial charge on any atom is 0.282 e. The smallest absolute Gasteiger partial charge is 0.282 e. The van der Waals surface area contributed by atoms with Crippen molar-refractivity contribution < 1.29 is 8.42 Å². The molecule has 0 spiro atoms. The highest BCUT2D eigenvalue weighted by Crippen LogP contribution is 2.27. The zero-order valence-corrected chi connectivity index (χ0v) is 12.0. The van der Waals surface area contributed by atoms with E-state index < -0.39 is 10.2 Å². The Hall–Kier alpha value is -0.170. The summed E-state index contributed by atoms with van der Waals surface area (Å²) in [4.78, 5) is 0. The van der Waals surface area contributed by atoms with E-state index in [1.165, 1.54) is 0 Å². The van der Waals surface area contributed by atoms with Gasteiger partial charge in [0.15, 0.2) is 0 Å². The average molecular weight is 275 g/mol. The van der Waals surface area contributed by atoms with Gasteiger partial charge in [0.25, 0.3) is 10.2 Å². The number of nitrogens with two attached hydrogens (primary N) is 1. The quantitative estimate of drug-likeness (QED) is 0.827. The lowest BCUT2D eigenvalue weighted by Gasteiger charge is -2.41. The average Bonchev–Trinajstić information content (AvgIpc) is 2.39. The van der Waals surface area contributed by atoms with Crippen LogP contribution in [0.25, 0.3) is 0 Å². The molecule has 0 aromatic carbocycles.